The van der Waals surface area contributed by atoms with Gasteiger partial charge in [-0.2, -0.15) is 0 Å². The third-order valence-corrected chi connectivity index (χ3v) is 5.18. The number of carbonyl (C=O) groups is 1. The van der Waals surface area contributed by atoms with E-state index in [0.717, 1.165) is 10.6 Å². The molecule has 0 aliphatic heterocycles. The van der Waals surface area contributed by atoms with Gasteiger partial charge in [-0.05, 0) is 32.4 Å². The molecule has 0 radical (unpaired) electrons. The van der Waals surface area contributed by atoms with E-state index in [2.05, 4.69) is 15.2 Å². The zero-order valence-corrected chi connectivity index (χ0v) is 14.1. The second kappa shape index (κ2) is 6.55. The van der Waals surface area contributed by atoms with Gasteiger partial charge in [0.15, 0.2) is 0 Å². The summed E-state index contributed by atoms with van der Waals surface area (Å²) < 4.78 is 24.4. The molecular formula is C14H17N3O3S2. The lowest BCUT2D eigenvalue weighted by Crippen LogP contribution is -2.42. The minimum absolute atomic E-state index is 0.0275. The number of benzene rings is 1. The molecule has 1 aromatic heterocycles. The highest BCUT2D eigenvalue weighted by Gasteiger charge is 2.17. The first kappa shape index (κ1) is 16.6. The maximum absolute atomic E-state index is 12.2. The van der Waals surface area contributed by atoms with Gasteiger partial charge in [0, 0.05) is 5.38 Å². The first-order chi connectivity index (χ1) is 10.3. The zero-order chi connectivity index (χ0) is 16.3. The SMILES string of the molecule is Cc1ccc(S(=O)(=O)NNC(=O)Cc2csc(C)n2)c(C)c1. The molecule has 8 heteroatoms. The highest BCUT2D eigenvalue weighted by atomic mass is 32.2. The Morgan fingerprint density at radius 3 is 2.59 bits per heavy atom. The molecule has 0 atom stereocenters. The van der Waals surface area contributed by atoms with Gasteiger partial charge in [-0.15, -0.1) is 16.2 Å². The summed E-state index contributed by atoms with van der Waals surface area (Å²) in [6.07, 6.45) is 0.0275. The van der Waals surface area contributed by atoms with Crippen LogP contribution >= 0.6 is 11.3 Å². The molecule has 1 heterocycles. The number of nitrogens with zero attached hydrogens (tertiary/aromatic N) is 1. The maximum atomic E-state index is 12.2. The van der Waals surface area contributed by atoms with Crippen LogP contribution in [0.3, 0.4) is 0 Å². The number of hydrazine groups is 1. The average Bonchev–Trinajstić information content (AvgIpc) is 2.81. The van der Waals surface area contributed by atoms with Crippen LogP contribution in [0, 0.1) is 20.8 Å². The fourth-order valence-corrected chi connectivity index (χ4v) is 3.68. The number of thiazole rings is 1. The fraction of sp³-hybridized carbons (Fsp3) is 0.286. The molecule has 0 unspecified atom stereocenters. The molecule has 0 fully saturated rings. The monoisotopic (exact) mass is 339 g/mol. The molecule has 0 bridgehead atoms. The van der Waals surface area contributed by atoms with E-state index in [1.54, 1.807) is 24.4 Å². The van der Waals surface area contributed by atoms with Crippen LogP contribution in [-0.4, -0.2) is 19.3 Å². The Labute approximate surface area is 133 Å². The summed E-state index contributed by atoms with van der Waals surface area (Å²) in [4.78, 5) is 18.2. The van der Waals surface area contributed by atoms with Gasteiger partial charge in [0.05, 0.1) is 22.0 Å². The van der Waals surface area contributed by atoms with Crippen molar-refractivity contribution in [2.45, 2.75) is 32.1 Å². The van der Waals surface area contributed by atoms with Gasteiger partial charge >= 0.3 is 0 Å². The summed E-state index contributed by atoms with van der Waals surface area (Å²) in [5.74, 6) is -0.460. The fourth-order valence-electron chi connectivity index (χ4n) is 1.98. The third kappa shape index (κ3) is 4.12. The number of carbonyl (C=O) groups excluding carboxylic acids is 1. The van der Waals surface area contributed by atoms with Crippen LogP contribution in [0.5, 0.6) is 0 Å². The van der Waals surface area contributed by atoms with Crippen molar-refractivity contribution in [2.75, 3.05) is 0 Å². The van der Waals surface area contributed by atoms with Gasteiger partial charge in [0.25, 0.3) is 10.0 Å². The molecular weight excluding hydrogens is 322 g/mol. The molecule has 1 amide bonds. The highest BCUT2D eigenvalue weighted by molar-refractivity contribution is 7.89. The van der Waals surface area contributed by atoms with Crippen molar-refractivity contribution >= 4 is 27.3 Å². The molecule has 2 N–H and O–H groups in total. The average molecular weight is 339 g/mol. The summed E-state index contributed by atoms with van der Waals surface area (Å²) in [5, 5.41) is 2.63. The Morgan fingerprint density at radius 1 is 1.27 bits per heavy atom. The normalized spacial score (nSPS) is 11.4. The van der Waals surface area contributed by atoms with Crippen LogP contribution in [0.1, 0.15) is 21.8 Å². The van der Waals surface area contributed by atoms with Crippen molar-refractivity contribution in [1.29, 1.82) is 0 Å². The first-order valence-electron chi connectivity index (χ1n) is 6.57. The van der Waals surface area contributed by atoms with E-state index in [1.807, 2.05) is 13.8 Å². The predicted octanol–water partition coefficient (Wildman–Crippen LogP) is 1.62. The van der Waals surface area contributed by atoms with Crippen molar-refractivity contribution in [1.82, 2.24) is 15.2 Å². The van der Waals surface area contributed by atoms with Gasteiger partial charge < -0.3 is 0 Å². The Kier molecular flexibility index (Phi) is 4.94. The van der Waals surface area contributed by atoms with E-state index in [9.17, 15) is 13.2 Å². The van der Waals surface area contributed by atoms with E-state index in [-0.39, 0.29) is 11.3 Å². The number of rotatable bonds is 5. The first-order valence-corrected chi connectivity index (χ1v) is 8.93. The van der Waals surface area contributed by atoms with Crippen LogP contribution in [0.15, 0.2) is 28.5 Å². The standard InChI is InChI=1S/C14H17N3O3S2/c1-9-4-5-13(10(2)6-9)22(19,20)17-16-14(18)7-12-8-21-11(3)15-12/h4-6,8,17H,7H2,1-3H3,(H,16,18). The van der Waals surface area contributed by atoms with E-state index in [4.69, 9.17) is 0 Å². The van der Waals surface area contributed by atoms with Gasteiger partial charge in [-0.25, -0.2) is 13.4 Å². The lowest BCUT2D eigenvalue weighted by molar-refractivity contribution is -0.120. The minimum atomic E-state index is -3.79. The zero-order valence-electron chi connectivity index (χ0n) is 12.5. The minimum Gasteiger partial charge on any atom is -0.277 e. The summed E-state index contributed by atoms with van der Waals surface area (Å²) in [5.41, 5.74) is 4.42. The molecule has 6 nitrogen and oxygen atoms in total. The maximum Gasteiger partial charge on any atom is 0.257 e. The summed E-state index contributed by atoms with van der Waals surface area (Å²) >= 11 is 1.44. The number of hydrogen-bond donors (Lipinski definition) is 2. The number of sulfonamides is 1. The van der Waals surface area contributed by atoms with Gasteiger partial charge in [0.2, 0.25) is 5.91 Å². The van der Waals surface area contributed by atoms with Crippen molar-refractivity contribution < 1.29 is 13.2 Å². The van der Waals surface area contributed by atoms with Crippen LogP contribution in [-0.2, 0) is 21.2 Å². The molecule has 2 aromatic rings. The lowest BCUT2D eigenvalue weighted by atomic mass is 10.2. The molecule has 22 heavy (non-hydrogen) atoms. The van der Waals surface area contributed by atoms with Crippen molar-refractivity contribution in [3.8, 4) is 0 Å². The molecule has 0 spiro atoms. The van der Waals surface area contributed by atoms with Crippen molar-refractivity contribution in [2.24, 2.45) is 0 Å². The topological polar surface area (TPSA) is 88.2 Å². The predicted molar refractivity (Wildman–Crippen MR) is 84.9 cm³/mol. The van der Waals surface area contributed by atoms with Crippen molar-refractivity contribution in [3.63, 3.8) is 0 Å². The number of aryl methyl sites for hydroxylation is 3. The quantitative estimate of drug-likeness (QED) is 0.810. The van der Waals surface area contributed by atoms with Gasteiger partial charge in [-0.3, -0.25) is 10.2 Å². The second-order valence-corrected chi connectivity index (χ2v) is 7.67. The lowest BCUT2D eigenvalue weighted by Gasteiger charge is -2.10. The smallest absolute Gasteiger partial charge is 0.257 e. The van der Waals surface area contributed by atoms with Crippen LogP contribution in [0.4, 0.5) is 0 Å². The van der Waals surface area contributed by atoms with Crippen molar-refractivity contribution in [3.05, 3.63) is 45.4 Å². The van der Waals surface area contributed by atoms with Crippen LogP contribution in [0.2, 0.25) is 0 Å². The van der Waals surface area contributed by atoms with Gasteiger partial charge in [-0.1, -0.05) is 17.7 Å². The Balaban J connectivity index is 2.01. The van der Waals surface area contributed by atoms with E-state index in [0.29, 0.717) is 11.3 Å². The Bertz CT molecular complexity index is 797. The van der Waals surface area contributed by atoms with E-state index < -0.39 is 15.9 Å². The summed E-state index contributed by atoms with van der Waals surface area (Å²) in [7, 11) is -3.79. The molecule has 118 valence electrons. The Morgan fingerprint density at radius 2 is 2.00 bits per heavy atom. The largest absolute Gasteiger partial charge is 0.277 e. The number of hydrogen-bond acceptors (Lipinski definition) is 5. The number of nitrogens with one attached hydrogen (secondary N) is 2. The summed E-state index contributed by atoms with van der Waals surface area (Å²) in [6, 6.07) is 5.00. The number of amides is 1. The van der Waals surface area contributed by atoms with Crippen LogP contribution in [0.25, 0.3) is 0 Å². The highest BCUT2D eigenvalue weighted by Crippen LogP contribution is 2.15. The van der Waals surface area contributed by atoms with Gasteiger partial charge in [0.1, 0.15) is 0 Å². The van der Waals surface area contributed by atoms with E-state index in [1.165, 1.54) is 17.4 Å². The Hall–Kier alpha value is -1.77. The molecule has 0 aliphatic carbocycles. The third-order valence-electron chi connectivity index (χ3n) is 2.95. The number of aromatic nitrogens is 1. The molecule has 2 rings (SSSR count). The van der Waals surface area contributed by atoms with E-state index >= 15 is 0 Å². The molecule has 0 aliphatic rings. The molecule has 0 saturated heterocycles. The van der Waals surface area contributed by atoms with Crippen LogP contribution < -0.4 is 10.3 Å². The molecule has 0 saturated carbocycles. The second-order valence-electron chi connectivity index (χ2n) is 4.96. The molecule has 1 aromatic carbocycles. The summed E-state index contributed by atoms with van der Waals surface area (Å²) in [6.45, 7) is 5.44.